The molecule has 1 aromatic rings. The Kier molecular flexibility index (Phi) is 8.40. The molecule has 0 bridgehead atoms. The first-order valence-electron chi connectivity index (χ1n) is 8.16. The van der Waals surface area contributed by atoms with Gasteiger partial charge in [-0.2, -0.15) is 0 Å². The van der Waals surface area contributed by atoms with Gasteiger partial charge in [-0.15, -0.1) is 0 Å². The van der Waals surface area contributed by atoms with Crippen molar-refractivity contribution in [1.29, 1.82) is 0 Å². The lowest BCUT2D eigenvalue weighted by Gasteiger charge is -2.24. The SMILES string of the molecule is CCOC(=O)CCCN(c1ccccc1CC(=O)OCC)S(C)(=O)=O. The maximum absolute atomic E-state index is 12.2. The molecule has 0 amide bonds. The molecule has 0 N–H and O–H groups in total. The Morgan fingerprint density at radius 3 is 2.24 bits per heavy atom. The number of sulfonamides is 1. The molecule has 0 aliphatic heterocycles. The number of nitrogens with zero attached hydrogens (tertiary/aromatic N) is 1. The van der Waals surface area contributed by atoms with Gasteiger partial charge >= 0.3 is 11.9 Å². The Morgan fingerprint density at radius 1 is 1.04 bits per heavy atom. The Labute approximate surface area is 149 Å². The van der Waals surface area contributed by atoms with E-state index in [1.54, 1.807) is 38.1 Å². The van der Waals surface area contributed by atoms with Crippen LogP contribution in [0.4, 0.5) is 5.69 Å². The van der Waals surface area contributed by atoms with Crippen LogP contribution in [0.3, 0.4) is 0 Å². The third kappa shape index (κ3) is 7.13. The quantitative estimate of drug-likeness (QED) is 0.584. The van der Waals surface area contributed by atoms with E-state index in [0.29, 0.717) is 17.7 Å². The summed E-state index contributed by atoms with van der Waals surface area (Å²) in [5, 5.41) is 0. The summed E-state index contributed by atoms with van der Waals surface area (Å²) in [5.74, 6) is -0.786. The van der Waals surface area contributed by atoms with Crippen molar-refractivity contribution in [3.63, 3.8) is 0 Å². The number of carbonyl (C=O) groups is 2. The van der Waals surface area contributed by atoms with E-state index >= 15 is 0 Å². The van der Waals surface area contributed by atoms with Crippen molar-refractivity contribution in [3.8, 4) is 0 Å². The predicted molar refractivity (Wildman–Crippen MR) is 94.8 cm³/mol. The minimum atomic E-state index is -3.57. The van der Waals surface area contributed by atoms with Gasteiger partial charge in [0.05, 0.1) is 31.6 Å². The first kappa shape index (κ1) is 21.0. The molecule has 0 aliphatic carbocycles. The van der Waals surface area contributed by atoms with Crippen molar-refractivity contribution in [2.75, 3.05) is 30.3 Å². The Hall–Kier alpha value is -2.09. The molecule has 0 aromatic heterocycles. The van der Waals surface area contributed by atoms with Crippen LogP contribution >= 0.6 is 0 Å². The highest BCUT2D eigenvalue weighted by molar-refractivity contribution is 7.92. The summed E-state index contributed by atoms with van der Waals surface area (Å²) in [4.78, 5) is 23.2. The molecule has 25 heavy (non-hydrogen) atoms. The monoisotopic (exact) mass is 371 g/mol. The van der Waals surface area contributed by atoms with Gasteiger partial charge in [0.1, 0.15) is 0 Å². The molecule has 8 heteroatoms. The molecule has 0 saturated carbocycles. The van der Waals surface area contributed by atoms with E-state index in [1.807, 2.05) is 0 Å². The maximum atomic E-state index is 12.2. The summed E-state index contributed by atoms with van der Waals surface area (Å²) in [6, 6.07) is 6.76. The summed E-state index contributed by atoms with van der Waals surface area (Å²) >= 11 is 0. The number of ether oxygens (including phenoxy) is 2. The average Bonchev–Trinajstić information content (AvgIpc) is 2.52. The van der Waals surface area contributed by atoms with E-state index in [4.69, 9.17) is 9.47 Å². The van der Waals surface area contributed by atoms with Gasteiger partial charge in [-0.1, -0.05) is 18.2 Å². The van der Waals surface area contributed by atoms with Gasteiger partial charge < -0.3 is 9.47 Å². The zero-order valence-corrected chi connectivity index (χ0v) is 15.7. The van der Waals surface area contributed by atoms with Gasteiger partial charge in [0.15, 0.2) is 0 Å². The number of esters is 2. The van der Waals surface area contributed by atoms with E-state index < -0.39 is 16.0 Å². The van der Waals surface area contributed by atoms with Crippen LogP contribution in [-0.2, 0) is 35.5 Å². The molecule has 0 spiro atoms. The van der Waals surface area contributed by atoms with Crippen LogP contribution in [0.1, 0.15) is 32.3 Å². The maximum Gasteiger partial charge on any atom is 0.310 e. The molecule has 0 heterocycles. The molecule has 7 nitrogen and oxygen atoms in total. The van der Waals surface area contributed by atoms with Gasteiger partial charge in [0.2, 0.25) is 10.0 Å². The second kappa shape index (κ2) is 10.0. The topological polar surface area (TPSA) is 90.0 Å². The molecule has 0 fully saturated rings. The highest BCUT2D eigenvalue weighted by Gasteiger charge is 2.21. The third-order valence-corrected chi connectivity index (χ3v) is 4.53. The van der Waals surface area contributed by atoms with Crippen molar-refractivity contribution in [3.05, 3.63) is 29.8 Å². The molecule has 0 atom stereocenters. The fourth-order valence-electron chi connectivity index (χ4n) is 2.34. The number of carbonyl (C=O) groups excluding carboxylic acids is 2. The molecule has 1 aromatic carbocycles. The zero-order chi connectivity index (χ0) is 18.9. The molecule has 0 aliphatic rings. The average molecular weight is 371 g/mol. The third-order valence-electron chi connectivity index (χ3n) is 3.35. The molecule has 0 radical (unpaired) electrons. The van der Waals surface area contributed by atoms with Crippen LogP contribution < -0.4 is 4.31 Å². The number of hydrogen-bond acceptors (Lipinski definition) is 6. The van der Waals surface area contributed by atoms with Crippen LogP contribution in [-0.4, -0.2) is 46.4 Å². The van der Waals surface area contributed by atoms with Crippen LogP contribution in [0.25, 0.3) is 0 Å². The zero-order valence-electron chi connectivity index (χ0n) is 14.9. The van der Waals surface area contributed by atoms with E-state index in [1.165, 1.54) is 4.31 Å². The molecule has 1 rings (SSSR count). The largest absolute Gasteiger partial charge is 0.466 e. The summed E-state index contributed by atoms with van der Waals surface area (Å²) in [5.41, 5.74) is 0.976. The molecule has 0 saturated heterocycles. The summed E-state index contributed by atoms with van der Waals surface area (Å²) < 4.78 is 35.4. The van der Waals surface area contributed by atoms with Crippen molar-refractivity contribution < 1.29 is 27.5 Å². The van der Waals surface area contributed by atoms with Crippen molar-refractivity contribution in [2.24, 2.45) is 0 Å². The van der Waals surface area contributed by atoms with Crippen molar-refractivity contribution in [1.82, 2.24) is 0 Å². The molecular formula is C17H25NO6S. The van der Waals surface area contributed by atoms with Crippen LogP contribution in [0.15, 0.2) is 24.3 Å². The van der Waals surface area contributed by atoms with Gasteiger partial charge in [0, 0.05) is 13.0 Å². The van der Waals surface area contributed by atoms with Crippen LogP contribution in [0.2, 0.25) is 0 Å². The second-order valence-electron chi connectivity index (χ2n) is 5.35. The highest BCUT2D eigenvalue weighted by Crippen LogP contribution is 2.24. The fourth-order valence-corrected chi connectivity index (χ4v) is 3.33. The first-order valence-corrected chi connectivity index (χ1v) is 10.0. The smallest absolute Gasteiger partial charge is 0.310 e. The number of para-hydroxylation sites is 1. The second-order valence-corrected chi connectivity index (χ2v) is 7.26. The van der Waals surface area contributed by atoms with Crippen molar-refractivity contribution in [2.45, 2.75) is 33.1 Å². The number of benzene rings is 1. The normalized spacial score (nSPS) is 11.0. The lowest BCUT2D eigenvalue weighted by molar-refractivity contribution is -0.143. The fraction of sp³-hybridized carbons (Fsp3) is 0.529. The molecule has 140 valence electrons. The number of hydrogen-bond donors (Lipinski definition) is 0. The molecular weight excluding hydrogens is 346 g/mol. The van der Waals surface area contributed by atoms with E-state index in [9.17, 15) is 18.0 Å². The number of anilines is 1. The van der Waals surface area contributed by atoms with E-state index in [-0.39, 0.29) is 38.6 Å². The van der Waals surface area contributed by atoms with Gasteiger partial charge in [0.25, 0.3) is 0 Å². The lowest BCUT2D eigenvalue weighted by Crippen LogP contribution is -2.32. The van der Waals surface area contributed by atoms with E-state index in [2.05, 4.69) is 0 Å². The lowest BCUT2D eigenvalue weighted by atomic mass is 10.1. The minimum absolute atomic E-state index is 0.0199. The highest BCUT2D eigenvalue weighted by atomic mass is 32.2. The Morgan fingerprint density at radius 2 is 1.64 bits per heavy atom. The number of rotatable bonds is 10. The van der Waals surface area contributed by atoms with Crippen LogP contribution in [0.5, 0.6) is 0 Å². The minimum Gasteiger partial charge on any atom is -0.466 e. The standard InChI is InChI=1S/C17H25NO6S/c1-4-23-16(19)11-8-12-18(25(3,21)22)15-10-7-6-9-14(15)13-17(20)24-5-2/h6-7,9-10H,4-5,8,11-13H2,1-3H3. The Balaban J connectivity index is 2.96. The van der Waals surface area contributed by atoms with Gasteiger partial charge in [-0.25, -0.2) is 8.42 Å². The predicted octanol–water partition coefficient (Wildman–Crippen LogP) is 1.90. The Bertz CT molecular complexity index is 686. The van der Waals surface area contributed by atoms with Gasteiger partial charge in [-0.3, -0.25) is 13.9 Å². The first-order chi connectivity index (χ1) is 11.8. The summed E-state index contributed by atoms with van der Waals surface area (Å²) in [6.45, 7) is 4.10. The van der Waals surface area contributed by atoms with Gasteiger partial charge in [-0.05, 0) is 31.9 Å². The molecule has 0 unspecified atom stereocenters. The summed E-state index contributed by atoms with van der Waals surface area (Å²) in [6.07, 6.45) is 1.52. The van der Waals surface area contributed by atoms with E-state index in [0.717, 1.165) is 6.26 Å². The van der Waals surface area contributed by atoms with Crippen LogP contribution in [0, 0.1) is 0 Å². The summed E-state index contributed by atoms with van der Waals surface area (Å²) in [7, 11) is -3.57. The van der Waals surface area contributed by atoms with Crippen molar-refractivity contribution >= 4 is 27.6 Å².